The summed E-state index contributed by atoms with van der Waals surface area (Å²) in [6.07, 6.45) is 0. The first kappa shape index (κ1) is 13.4. The number of carboxylic acids is 1. The van der Waals surface area contributed by atoms with Crippen molar-refractivity contribution in [1.29, 1.82) is 0 Å². The van der Waals surface area contributed by atoms with Crippen molar-refractivity contribution in [3.63, 3.8) is 0 Å². The topological polar surface area (TPSA) is 63.6 Å². The normalized spacial score (nSPS) is 8.64. The van der Waals surface area contributed by atoms with E-state index in [0.29, 0.717) is 0 Å². The molecule has 0 radical (unpaired) electrons. The second-order valence-electron chi connectivity index (χ2n) is 2.39. The average Bonchev–Trinajstić information content (AvgIpc) is 2.03. The van der Waals surface area contributed by atoms with Crippen LogP contribution in [0, 0.1) is 0 Å². The van der Waals surface area contributed by atoms with Crippen LogP contribution < -0.4 is 4.74 Å². The number of carboxylic acid groups (broad SMARTS) is 1. The molecule has 0 spiro atoms. The number of carbonyl (C=O) groups is 2. The molecule has 0 aliphatic carbocycles. The Morgan fingerprint density at radius 3 is 2.36 bits per heavy atom. The molecule has 0 bridgehead atoms. The Kier molecular flexibility index (Phi) is 5.76. The molecular weight excluding hydrogens is 212 g/mol. The number of ether oxygens (including phenoxy) is 1. The number of aromatic carboxylic acids is 1. The predicted molar refractivity (Wildman–Crippen MR) is 50.5 cm³/mol. The van der Waals surface area contributed by atoms with Crippen LogP contribution in [0.25, 0.3) is 0 Å². The molecule has 1 aromatic rings. The van der Waals surface area contributed by atoms with E-state index in [2.05, 4.69) is 4.74 Å². The molecule has 0 aliphatic heterocycles. The largest absolute Gasteiger partial charge is 2.00 e. The molecule has 0 heterocycles. The molecule has 0 amide bonds. The van der Waals surface area contributed by atoms with Crippen molar-refractivity contribution in [2.75, 3.05) is 0 Å². The zero-order chi connectivity index (χ0) is 9.84. The molecule has 5 heteroatoms. The van der Waals surface area contributed by atoms with Gasteiger partial charge in [0, 0.05) is 6.92 Å². The zero-order valence-electron chi connectivity index (χ0n) is 7.69. The van der Waals surface area contributed by atoms with Crippen molar-refractivity contribution in [3.8, 4) is 5.75 Å². The Bertz CT molecular complexity index is 348. The molecule has 0 saturated carbocycles. The van der Waals surface area contributed by atoms with Crippen LogP contribution in [0.2, 0.25) is 0 Å². The van der Waals surface area contributed by atoms with Crippen molar-refractivity contribution in [2.45, 2.75) is 6.92 Å². The van der Waals surface area contributed by atoms with E-state index in [9.17, 15) is 9.59 Å². The summed E-state index contributed by atoms with van der Waals surface area (Å²) in [6.45, 7) is 1.22. The number of carbonyl (C=O) groups excluding carboxylic acids is 1. The van der Waals surface area contributed by atoms with E-state index in [1.807, 2.05) is 0 Å². The Hall–Kier alpha value is -0.580. The minimum absolute atomic E-state index is 0. The van der Waals surface area contributed by atoms with Crippen LogP contribution in [0.4, 0.5) is 0 Å². The molecule has 1 N–H and O–H groups in total. The van der Waals surface area contributed by atoms with Gasteiger partial charge in [0.05, 0.1) is 0 Å². The van der Waals surface area contributed by atoms with Gasteiger partial charge in [-0.15, -0.1) is 0 Å². The minimum Gasteiger partial charge on any atom is -0.478 e. The van der Waals surface area contributed by atoms with Gasteiger partial charge in [-0.1, -0.05) is 12.1 Å². The van der Waals surface area contributed by atoms with Gasteiger partial charge in [-0.25, -0.2) is 4.79 Å². The molecule has 0 aromatic heterocycles. The Balaban J connectivity index is 0.00000169. The second-order valence-corrected chi connectivity index (χ2v) is 2.39. The molecule has 1 aromatic carbocycles. The number of esters is 1. The predicted octanol–water partition coefficient (Wildman–Crippen LogP) is 0.929. The molecule has 0 saturated heterocycles. The fourth-order valence-corrected chi connectivity index (χ4v) is 0.887. The summed E-state index contributed by atoms with van der Waals surface area (Å²) in [5, 5.41) is 8.69. The quantitative estimate of drug-likeness (QED) is 0.457. The van der Waals surface area contributed by atoms with Crippen LogP contribution >= 0.6 is 0 Å². The standard InChI is InChI=1S/C9H8O4.Ca/c1-6(10)13-8-5-3-2-4-7(8)9(11)12;/h2-5H,1H3,(H,11,12);/q;+2. The number of benzene rings is 1. The van der Waals surface area contributed by atoms with Gasteiger partial charge >= 0.3 is 49.7 Å². The molecule has 14 heavy (non-hydrogen) atoms. The summed E-state index contributed by atoms with van der Waals surface area (Å²) in [5.41, 5.74) is -0.0160. The third-order valence-electron chi connectivity index (χ3n) is 1.37. The van der Waals surface area contributed by atoms with Crippen molar-refractivity contribution < 1.29 is 19.4 Å². The van der Waals surface area contributed by atoms with E-state index >= 15 is 0 Å². The summed E-state index contributed by atoms with van der Waals surface area (Å²) in [7, 11) is 0. The van der Waals surface area contributed by atoms with E-state index in [1.54, 1.807) is 12.1 Å². The monoisotopic (exact) mass is 220 g/mol. The van der Waals surface area contributed by atoms with Gasteiger partial charge in [-0.2, -0.15) is 0 Å². The van der Waals surface area contributed by atoms with E-state index < -0.39 is 11.9 Å². The second kappa shape index (κ2) is 6.01. The molecule has 0 fully saturated rings. The SMILES string of the molecule is CC(=O)Oc1ccccc1C(=O)O.[Ca+2]. The number of hydrogen-bond donors (Lipinski definition) is 1. The van der Waals surface area contributed by atoms with Gasteiger partial charge in [0.25, 0.3) is 0 Å². The first-order valence-electron chi connectivity index (χ1n) is 3.62. The number of hydrogen-bond acceptors (Lipinski definition) is 3. The Morgan fingerprint density at radius 1 is 1.29 bits per heavy atom. The van der Waals surface area contributed by atoms with Crippen LogP contribution in [-0.4, -0.2) is 54.8 Å². The minimum atomic E-state index is -1.11. The molecule has 0 atom stereocenters. The molecule has 1 rings (SSSR count). The fraction of sp³-hybridized carbons (Fsp3) is 0.111. The van der Waals surface area contributed by atoms with Gasteiger partial charge in [0.1, 0.15) is 11.3 Å². The third kappa shape index (κ3) is 3.65. The maximum absolute atomic E-state index is 10.6. The van der Waals surface area contributed by atoms with Crippen molar-refractivity contribution >= 4 is 49.7 Å². The van der Waals surface area contributed by atoms with Crippen molar-refractivity contribution in [1.82, 2.24) is 0 Å². The van der Waals surface area contributed by atoms with Crippen LogP contribution in [0.1, 0.15) is 17.3 Å². The maximum Gasteiger partial charge on any atom is 2.00 e. The summed E-state index contributed by atoms with van der Waals surface area (Å²) < 4.78 is 4.69. The van der Waals surface area contributed by atoms with Crippen LogP contribution in [0.5, 0.6) is 5.75 Å². The first-order valence-corrected chi connectivity index (χ1v) is 3.62. The average molecular weight is 220 g/mol. The zero-order valence-corrected chi connectivity index (χ0v) is 9.90. The number of para-hydroxylation sites is 1. The van der Waals surface area contributed by atoms with Gasteiger partial charge < -0.3 is 9.84 Å². The van der Waals surface area contributed by atoms with Crippen LogP contribution in [0.3, 0.4) is 0 Å². The van der Waals surface area contributed by atoms with Crippen molar-refractivity contribution in [2.24, 2.45) is 0 Å². The summed E-state index contributed by atoms with van der Waals surface area (Å²) in [6, 6.07) is 5.98. The third-order valence-corrected chi connectivity index (χ3v) is 1.37. The summed E-state index contributed by atoms with van der Waals surface area (Å²) >= 11 is 0. The van der Waals surface area contributed by atoms with Gasteiger partial charge in [0.2, 0.25) is 0 Å². The van der Waals surface area contributed by atoms with Crippen LogP contribution in [-0.2, 0) is 4.79 Å². The van der Waals surface area contributed by atoms with E-state index in [4.69, 9.17) is 5.11 Å². The van der Waals surface area contributed by atoms with Crippen molar-refractivity contribution in [3.05, 3.63) is 29.8 Å². The fourth-order valence-electron chi connectivity index (χ4n) is 0.887. The molecule has 0 unspecified atom stereocenters. The Labute approximate surface area is 111 Å². The Morgan fingerprint density at radius 2 is 1.86 bits per heavy atom. The van der Waals surface area contributed by atoms with E-state index in [-0.39, 0.29) is 49.1 Å². The maximum atomic E-state index is 10.6. The number of rotatable bonds is 2. The first-order chi connectivity index (χ1) is 6.11. The molecular formula is C9H8CaO4+2. The molecule has 68 valence electrons. The van der Waals surface area contributed by atoms with Gasteiger partial charge in [-0.05, 0) is 12.1 Å². The smallest absolute Gasteiger partial charge is 0.478 e. The van der Waals surface area contributed by atoms with E-state index in [1.165, 1.54) is 19.1 Å². The molecule has 4 nitrogen and oxygen atoms in total. The summed E-state index contributed by atoms with van der Waals surface area (Å²) in [4.78, 5) is 21.2. The summed E-state index contributed by atoms with van der Waals surface area (Å²) in [5.74, 6) is -1.58. The molecule has 0 aliphatic rings. The van der Waals surface area contributed by atoms with Gasteiger partial charge in [0.15, 0.2) is 0 Å². The van der Waals surface area contributed by atoms with Gasteiger partial charge in [-0.3, -0.25) is 4.79 Å². The van der Waals surface area contributed by atoms with E-state index in [0.717, 1.165) is 0 Å². The van der Waals surface area contributed by atoms with Crippen LogP contribution in [0.15, 0.2) is 24.3 Å².